The van der Waals surface area contributed by atoms with Gasteiger partial charge in [-0.2, -0.15) is 11.3 Å². The zero-order valence-corrected chi connectivity index (χ0v) is 19.1. The molecule has 0 N–H and O–H groups in total. The molecule has 0 bridgehead atoms. The second kappa shape index (κ2) is 5.94. The van der Waals surface area contributed by atoms with E-state index < -0.39 is 0 Å². The summed E-state index contributed by atoms with van der Waals surface area (Å²) >= 11 is 3.05. The number of benzene rings is 2. The van der Waals surface area contributed by atoms with Crippen LogP contribution in [0.5, 0.6) is 0 Å². The maximum atomic E-state index is 12.8. The fraction of sp³-hybridized carbons (Fsp3) is 0.111. The van der Waals surface area contributed by atoms with Crippen LogP contribution in [0.2, 0.25) is 0 Å². The van der Waals surface area contributed by atoms with E-state index in [9.17, 15) is 9.59 Å². The molecule has 2 aromatic carbocycles. The molecule has 1 aliphatic heterocycles. The number of nitrogens with zero attached hydrogens (tertiary/aromatic N) is 1. The Morgan fingerprint density at radius 3 is 2.38 bits per heavy atom. The summed E-state index contributed by atoms with van der Waals surface area (Å²) in [5.74, 6) is -0.317. The second-order valence-electron chi connectivity index (χ2n) is 8.96. The van der Waals surface area contributed by atoms with Crippen LogP contribution in [0.1, 0.15) is 50.6 Å². The van der Waals surface area contributed by atoms with Gasteiger partial charge in [-0.15, -0.1) is 11.3 Å². The lowest BCUT2D eigenvalue weighted by Gasteiger charge is -2.32. The molecule has 0 saturated heterocycles. The molecule has 0 fully saturated rings. The van der Waals surface area contributed by atoms with E-state index in [-0.39, 0.29) is 22.6 Å². The Morgan fingerprint density at radius 1 is 0.875 bits per heavy atom. The largest absolute Gasteiger partial charge is 0.300 e. The van der Waals surface area contributed by atoms with Gasteiger partial charge in [0.15, 0.2) is 11.6 Å². The Morgan fingerprint density at radius 2 is 1.59 bits per heavy atom. The summed E-state index contributed by atoms with van der Waals surface area (Å²) < 4.78 is 2.36. The van der Waals surface area contributed by atoms with E-state index in [1.54, 1.807) is 28.2 Å². The number of fused-ring (bicyclic) bond motifs is 6. The minimum absolute atomic E-state index is 0.158. The molecule has 0 radical (unpaired) electrons. The molecular formula is C27H17NO2S2. The third kappa shape index (κ3) is 2.10. The normalized spacial score (nSPS) is 16.1. The first-order valence-corrected chi connectivity index (χ1v) is 12.3. The van der Waals surface area contributed by atoms with Gasteiger partial charge in [0.05, 0.1) is 16.6 Å². The van der Waals surface area contributed by atoms with Crippen LogP contribution < -0.4 is 0 Å². The van der Waals surface area contributed by atoms with Crippen molar-refractivity contribution in [3.63, 3.8) is 0 Å². The van der Waals surface area contributed by atoms with Crippen LogP contribution in [0.25, 0.3) is 32.9 Å². The lowest BCUT2D eigenvalue weighted by molar-refractivity contribution is 0.0990. The first kappa shape index (κ1) is 18.3. The standard InChI is InChI=1S/C27H17NO2S2/c1-27(2)20-8-5-7-16-15-6-3-4-9-22(15)28(23(16)20)26-21(27)11-14(32-26)10-17-24(29)18-12-31-13-19(18)25(17)30/h3-13H,1-2H3. The second-order valence-corrected chi connectivity index (χ2v) is 10.8. The lowest BCUT2D eigenvalue weighted by Crippen LogP contribution is -2.24. The number of hydrogen-bond acceptors (Lipinski definition) is 4. The number of aromatic nitrogens is 1. The summed E-state index contributed by atoms with van der Waals surface area (Å²) in [6.07, 6.45) is 1.79. The first-order valence-electron chi connectivity index (χ1n) is 10.5. The monoisotopic (exact) mass is 451 g/mol. The maximum Gasteiger partial charge on any atom is 0.198 e. The van der Waals surface area contributed by atoms with Crippen molar-refractivity contribution >= 4 is 62.1 Å². The van der Waals surface area contributed by atoms with Crippen molar-refractivity contribution in [3.8, 4) is 5.00 Å². The molecular weight excluding hydrogens is 434 g/mol. The molecule has 0 atom stereocenters. The predicted octanol–water partition coefficient (Wildman–Crippen LogP) is 7.01. The van der Waals surface area contributed by atoms with Crippen LogP contribution in [-0.4, -0.2) is 16.1 Å². The van der Waals surface area contributed by atoms with E-state index in [0.29, 0.717) is 11.1 Å². The zero-order chi connectivity index (χ0) is 21.8. The Bertz CT molecular complexity index is 1660. The van der Waals surface area contributed by atoms with Crippen LogP contribution in [0.4, 0.5) is 0 Å². The number of thiophene rings is 2. The Balaban J connectivity index is 1.51. The van der Waals surface area contributed by atoms with Crippen molar-refractivity contribution in [2.75, 3.05) is 0 Å². The van der Waals surface area contributed by atoms with Crippen molar-refractivity contribution in [1.82, 2.24) is 4.57 Å². The van der Waals surface area contributed by atoms with Gasteiger partial charge in [0.1, 0.15) is 5.00 Å². The minimum atomic E-state index is -0.186. The topological polar surface area (TPSA) is 39.1 Å². The predicted molar refractivity (Wildman–Crippen MR) is 132 cm³/mol. The highest BCUT2D eigenvalue weighted by Gasteiger charge is 2.38. The van der Waals surface area contributed by atoms with Gasteiger partial charge in [0.2, 0.25) is 0 Å². The van der Waals surface area contributed by atoms with E-state index in [4.69, 9.17) is 0 Å². The summed E-state index contributed by atoms with van der Waals surface area (Å²) in [7, 11) is 0. The molecule has 3 aromatic heterocycles. The first-order chi connectivity index (χ1) is 15.5. The SMILES string of the molecule is CC1(C)c2cc(C=C3C(=O)c4cscc4C3=O)sc2-n2c3ccccc3c3cccc1c32. The molecule has 1 aliphatic carbocycles. The molecule has 32 heavy (non-hydrogen) atoms. The number of hydrogen-bond donors (Lipinski definition) is 0. The van der Waals surface area contributed by atoms with Crippen molar-refractivity contribution in [2.45, 2.75) is 19.3 Å². The molecule has 4 heterocycles. The Hall–Kier alpha value is -3.28. The van der Waals surface area contributed by atoms with Gasteiger partial charge in [-0.3, -0.25) is 9.59 Å². The average molecular weight is 452 g/mol. The molecule has 154 valence electrons. The molecule has 5 heteroatoms. The number of rotatable bonds is 1. The number of para-hydroxylation sites is 2. The molecule has 2 aliphatic rings. The summed E-state index contributed by atoms with van der Waals surface area (Å²) in [5.41, 5.74) is 6.13. The van der Waals surface area contributed by atoms with Gasteiger partial charge in [0.25, 0.3) is 0 Å². The van der Waals surface area contributed by atoms with Gasteiger partial charge >= 0.3 is 0 Å². The summed E-state index contributed by atoms with van der Waals surface area (Å²) in [5, 5.41) is 7.22. The lowest BCUT2D eigenvalue weighted by atomic mass is 9.76. The fourth-order valence-corrected chi connectivity index (χ4v) is 7.37. The van der Waals surface area contributed by atoms with Gasteiger partial charge in [0, 0.05) is 43.0 Å². The number of ketones is 2. The van der Waals surface area contributed by atoms with E-state index in [1.165, 1.54) is 49.3 Å². The Kier molecular flexibility index (Phi) is 3.40. The third-order valence-corrected chi connectivity index (χ3v) is 8.71. The van der Waals surface area contributed by atoms with Gasteiger partial charge in [-0.1, -0.05) is 50.2 Å². The highest BCUT2D eigenvalue weighted by molar-refractivity contribution is 7.15. The average Bonchev–Trinajstić information content (AvgIpc) is 3.54. The molecule has 5 aromatic rings. The molecule has 0 unspecified atom stereocenters. The smallest absolute Gasteiger partial charge is 0.198 e. The van der Waals surface area contributed by atoms with Crippen LogP contribution >= 0.6 is 22.7 Å². The van der Waals surface area contributed by atoms with Gasteiger partial charge < -0.3 is 4.57 Å². The van der Waals surface area contributed by atoms with Crippen LogP contribution in [0.3, 0.4) is 0 Å². The van der Waals surface area contributed by atoms with Crippen molar-refractivity contribution in [1.29, 1.82) is 0 Å². The van der Waals surface area contributed by atoms with E-state index in [2.05, 4.69) is 66.9 Å². The number of carbonyl (C=O) groups is 2. The van der Waals surface area contributed by atoms with Crippen LogP contribution in [0, 0.1) is 0 Å². The fourth-order valence-electron chi connectivity index (χ4n) is 5.28. The van der Waals surface area contributed by atoms with E-state index >= 15 is 0 Å². The highest BCUT2D eigenvalue weighted by Crippen LogP contribution is 2.50. The summed E-state index contributed by atoms with van der Waals surface area (Å²) in [6, 6.07) is 17.2. The van der Waals surface area contributed by atoms with Gasteiger partial charge in [-0.05, 0) is 29.3 Å². The zero-order valence-electron chi connectivity index (χ0n) is 17.4. The molecule has 7 rings (SSSR count). The van der Waals surface area contributed by atoms with Crippen LogP contribution in [-0.2, 0) is 5.41 Å². The third-order valence-electron chi connectivity index (χ3n) is 6.90. The minimum Gasteiger partial charge on any atom is -0.300 e. The maximum absolute atomic E-state index is 12.8. The summed E-state index contributed by atoms with van der Waals surface area (Å²) in [6.45, 7) is 4.52. The van der Waals surface area contributed by atoms with E-state index in [0.717, 1.165) is 4.88 Å². The van der Waals surface area contributed by atoms with Gasteiger partial charge in [-0.25, -0.2) is 0 Å². The number of carbonyl (C=O) groups excluding carboxylic acids is 2. The highest BCUT2D eigenvalue weighted by atomic mass is 32.1. The molecule has 0 spiro atoms. The van der Waals surface area contributed by atoms with E-state index in [1.807, 2.05) is 0 Å². The molecule has 0 saturated carbocycles. The number of Topliss-reactive ketones (excluding diaryl/α,β-unsaturated/α-hetero) is 2. The molecule has 0 amide bonds. The number of allylic oxidation sites excluding steroid dienone is 1. The quantitative estimate of drug-likeness (QED) is 0.203. The van der Waals surface area contributed by atoms with Crippen LogP contribution in [0.15, 0.2) is 64.9 Å². The summed E-state index contributed by atoms with van der Waals surface area (Å²) in [4.78, 5) is 26.6. The van der Waals surface area contributed by atoms with Crippen molar-refractivity contribution < 1.29 is 9.59 Å². The van der Waals surface area contributed by atoms with Crippen molar-refractivity contribution in [2.24, 2.45) is 0 Å². The molecule has 3 nitrogen and oxygen atoms in total. The van der Waals surface area contributed by atoms with Crippen molar-refractivity contribution in [3.05, 3.63) is 92.0 Å². The Labute approximate surface area is 192 Å².